The van der Waals surface area contributed by atoms with Crippen LogP contribution in [0.4, 0.5) is 10.1 Å². The number of carbonyl (C=O) groups is 1. The first-order valence-electron chi connectivity index (χ1n) is 6.53. The van der Waals surface area contributed by atoms with Gasteiger partial charge in [-0.25, -0.2) is 4.39 Å². The van der Waals surface area contributed by atoms with Crippen molar-refractivity contribution >= 4 is 11.6 Å². The maximum absolute atomic E-state index is 12.8. The summed E-state index contributed by atoms with van der Waals surface area (Å²) in [5.74, 6) is -0.375. The highest BCUT2D eigenvalue weighted by Crippen LogP contribution is 2.18. The Labute approximate surface area is 113 Å². The molecule has 1 aromatic carbocycles. The number of nitrogens with zero attached hydrogens (tertiary/aromatic N) is 1. The quantitative estimate of drug-likeness (QED) is 0.869. The van der Waals surface area contributed by atoms with E-state index >= 15 is 0 Å². The van der Waals surface area contributed by atoms with Gasteiger partial charge >= 0.3 is 0 Å². The van der Waals surface area contributed by atoms with Crippen molar-refractivity contribution in [3.63, 3.8) is 0 Å². The molecule has 2 N–H and O–H groups in total. The average Bonchev–Trinajstić information content (AvgIpc) is 2.42. The predicted octanol–water partition coefficient (Wildman–Crippen LogP) is 1.45. The Kier molecular flexibility index (Phi) is 4.17. The van der Waals surface area contributed by atoms with Gasteiger partial charge < -0.3 is 10.6 Å². The number of benzene rings is 1. The molecular weight excluding hydrogens is 245 g/mol. The minimum absolute atomic E-state index is 0.0685. The second-order valence-corrected chi connectivity index (χ2v) is 5.26. The maximum atomic E-state index is 12.8. The van der Waals surface area contributed by atoms with Crippen molar-refractivity contribution in [1.29, 1.82) is 0 Å². The highest BCUT2D eigenvalue weighted by atomic mass is 19.1. The predicted molar refractivity (Wildman–Crippen MR) is 73.6 cm³/mol. The molecule has 0 spiro atoms. The number of piperazine rings is 1. The number of hydrogen-bond acceptors (Lipinski definition) is 3. The lowest BCUT2D eigenvalue weighted by molar-refractivity contribution is -0.126. The van der Waals surface area contributed by atoms with Crippen LogP contribution in [0.25, 0.3) is 0 Å². The molecule has 0 aromatic heterocycles. The van der Waals surface area contributed by atoms with E-state index in [-0.39, 0.29) is 11.7 Å². The number of halogens is 1. The van der Waals surface area contributed by atoms with Crippen molar-refractivity contribution in [3.05, 3.63) is 30.1 Å². The third-order valence-corrected chi connectivity index (χ3v) is 3.57. The minimum atomic E-state index is -0.573. The molecule has 0 bridgehead atoms. The fourth-order valence-corrected chi connectivity index (χ4v) is 2.18. The van der Waals surface area contributed by atoms with Crippen LogP contribution in [-0.2, 0) is 4.79 Å². The number of anilines is 1. The fourth-order valence-electron chi connectivity index (χ4n) is 2.18. The second-order valence-electron chi connectivity index (χ2n) is 5.26. The molecule has 4 nitrogen and oxygen atoms in total. The summed E-state index contributed by atoms with van der Waals surface area (Å²) in [4.78, 5) is 14.5. The van der Waals surface area contributed by atoms with Gasteiger partial charge in [0.25, 0.3) is 0 Å². The SMILES string of the molecule is CC(C)(C(=O)Nc1ccc(F)cc1)N1CCNCC1. The molecule has 1 heterocycles. The molecular formula is C14H20FN3O. The first-order valence-corrected chi connectivity index (χ1v) is 6.53. The molecule has 0 radical (unpaired) electrons. The molecule has 0 atom stereocenters. The third-order valence-electron chi connectivity index (χ3n) is 3.57. The topological polar surface area (TPSA) is 44.4 Å². The first-order chi connectivity index (χ1) is 9.00. The molecule has 1 aliphatic heterocycles. The maximum Gasteiger partial charge on any atom is 0.244 e. The molecule has 1 aliphatic rings. The summed E-state index contributed by atoms with van der Waals surface area (Å²) in [6, 6.07) is 5.82. The Balaban J connectivity index is 2.03. The van der Waals surface area contributed by atoms with Gasteiger partial charge in [-0.1, -0.05) is 0 Å². The van der Waals surface area contributed by atoms with Crippen LogP contribution in [0.5, 0.6) is 0 Å². The summed E-state index contributed by atoms with van der Waals surface area (Å²) in [6.45, 7) is 7.32. The zero-order valence-electron chi connectivity index (χ0n) is 11.4. The van der Waals surface area contributed by atoms with Gasteiger partial charge in [0.05, 0.1) is 5.54 Å². The summed E-state index contributed by atoms with van der Waals surface area (Å²) >= 11 is 0. The fraction of sp³-hybridized carbons (Fsp3) is 0.500. The summed E-state index contributed by atoms with van der Waals surface area (Å²) in [5.41, 5.74) is 0.0471. The van der Waals surface area contributed by atoms with E-state index in [1.165, 1.54) is 12.1 Å². The Morgan fingerprint density at radius 2 is 1.84 bits per heavy atom. The van der Waals surface area contributed by atoms with Gasteiger partial charge in [-0.05, 0) is 38.1 Å². The zero-order valence-corrected chi connectivity index (χ0v) is 11.4. The Hall–Kier alpha value is -1.46. The van der Waals surface area contributed by atoms with E-state index in [0.717, 1.165) is 26.2 Å². The lowest BCUT2D eigenvalue weighted by Crippen LogP contribution is -2.58. The molecule has 1 amide bonds. The van der Waals surface area contributed by atoms with Crippen molar-refractivity contribution < 1.29 is 9.18 Å². The van der Waals surface area contributed by atoms with Gasteiger partial charge in [0.15, 0.2) is 0 Å². The molecule has 1 fully saturated rings. The number of hydrogen-bond donors (Lipinski definition) is 2. The lowest BCUT2D eigenvalue weighted by Gasteiger charge is -2.39. The van der Waals surface area contributed by atoms with Crippen LogP contribution in [0, 0.1) is 5.82 Å². The zero-order chi connectivity index (χ0) is 13.9. The number of rotatable bonds is 3. The van der Waals surface area contributed by atoms with Crippen LogP contribution in [0.15, 0.2) is 24.3 Å². The van der Waals surface area contributed by atoms with Crippen molar-refractivity contribution in [2.75, 3.05) is 31.5 Å². The standard InChI is InChI=1S/C14H20FN3O/c1-14(2,18-9-7-16-8-10-18)13(19)17-12-5-3-11(15)4-6-12/h3-6,16H,7-10H2,1-2H3,(H,17,19). The van der Waals surface area contributed by atoms with Gasteiger partial charge in [-0.15, -0.1) is 0 Å². The summed E-state index contributed by atoms with van der Waals surface area (Å²) in [7, 11) is 0. The van der Waals surface area contributed by atoms with Gasteiger partial charge in [0.2, 0.25) is 5.91 Å². The number of amides is 1. The number of carbonyl (C=O) groups excluding carboxylic acids is 1. The summed E-state index contributed by atoms with van der Waals surface area (Å²) < 4.78 is 12.8. The Bertz CT molecular complexity index is 439. The van der Waals surface area contributed by atoms with E-state index in [9.17, 15) is 9.18 Å². The molecule has 104 valence electrons. The van der Waals surface area contributed by atoms with Crippen LogP contribution in [0.1, 0.15) is 13.8 Å². The van der Waals surface area contributed by atoms with Crippen molar-refractivity contribution in [3.8, 4) is 0 Å². The van der Waals surface area contributed by atoms with Gasteiger partial charge in [-0.2, -0.15) is 0 Å². The first kappa shape index (κ1) is 14.0. The Morgan fingerprint density at radius 3 is 2.42 bits per heavy atom. The largest absolute Gasteiger partial charge is 0.324 e. The molecule has 0 unspecified atom stereocenters. The molecule has 1 aromatic rings. The normalized spacial score (nSPS) is 17.2. The van der Waals surface area contributed by atoms with E-state index in [4.69, 9.17) is 0 Å². The average molecular weight is 265 g/mol. The summed E-state index contributed by atoms with van der Waals surface area (Å²) in [6.07, 6.45) is 0. The van der Waals surface area contributed by atoms with Crippen molar-refractivity contribution in [2.24, 2.45) is 0 Å². The highest BCUT2D eigenvalue weighted by Gasteiger charge is 2.35. The summed E-state index contributed by atoms with van der Waals surface area (Å²) in [5, 5.41) is 6.11. The van der Waals surface area contributed by atoms with Crippen LogP contribution in [-0.4, -0.2) is 42.5 Å². The highest BCUT2D eigenvalue weighted by molar-refractivity contribution is 5.97. The smallest absolute Gasteiger partial charge is 0.244 e. The molecule has 0 aliphatic carbocycles. The van der Waals surface area contributed by atoms with Gasteiger partial charge in [-0.3, -0.25) is 9.69 Å². The second kappa shape index (κ2) is 5.67. The molecule has 1 saturated heterocycles. The number of nitrogens with one attached hydrogen (secondary N) is 2. The Morgan fingerprint density at radius 1 is 1.26 bits per heavy atom. The van der Waals surface area contributed by atoms with E-state index in [2.05, 4.69) is 15.5 Å². The van der Waals surface area contributed by atoms with Crippen LogP contribution < -0.4 is 10.6 Å². The molecule has 2 rings (SSSR count). The monoisotopic (exact) mass is 265 g/mol. The minimum Gasteiger partial charge on any atom is -0.324 e. The lowest BCUT2D eigenvalue weighted by atomic mass is 10.0. The van der Waals surface area contributed by atoms with Crippen molar-refractivity contribution in [1.82, 2.24) is 10.2 Å². The van der Waals surface area contributed by atoms with E-state index in [0.29, 0.717) is 5.69 Å². The molecule has 0 saturated carbocycles. The van der Waals surface area contributed by atoms with Gasteiger partial charge in [0.1, 0.15) is 5.82 Å². The van der Waals surface area contributed by atoms with E-state index in [1.54, 1.807) is 12.1 Å². The van der Waals surface area contributed by atoms with Crippen LogP contribution >= 0.6 is 0 Å². The van der Waals surface area contributed by atoms with Gasteiger partial charge in [0, 0.05) is 31.9 Å². The third kappa shape index (κ3) is 3.30. The molecule has 5 heteroatoms. The molecule has 19 heavy (non-hydrogen) atoms. The van der Waals surface area contributed by atoms with Crippen LogP contribution in [0.2, 0.25) is 0 Å². The van der Waals surface area contributed by atoms with Crippen LogP contribution in [0.3, 0.4) is 0 Å². The van der Waals surface area contributed by atoms with E-state index in [1.807, 2.05) is 13.8 Å². The van der Waals surface area contributed by atoms with E-state index < -0.39 is 5.54 Å². The van der Waals surface area contributed by atoms with Crippen molar-refractivity contribution in [2.45, 2.75) is 19.4 Å².